The summed E-state index contributed by atoms with van der Waals surface area (Å²) in [6.45, 7) is 2.86. The Kier molecular flexibility index (Phi) is 6.72. The average molecular weight is 263 g/mol. The van der Waals surface area contributed by atoms with Gasteiger partial charge in [-0.2, -0.15) is 5.26 Å². The minimum absolute atomic E-state index is 0.610. The van der Waals surface area contributed by atoms with Gasteiger partial charge < -0.3 is 20.1 Å². The summed E-state index contributed by atoms with van der Waals surface area (Å²) in [5, 5.41) is 8.97. The second-order valence-corrected chi connectivity index (χ2v) is 4.21. The molecule has 0 aliphatic carbocycles. The van der Waals surface area contributed by atoms with Crippen molar-refractivity contribution in [2.75, 3.05) is 51.2 Å². The fourth-order valence-corrected chi connectivity index (χ4v) is 1.84. The summed E-state index contributed by atoms with van der Waals surface area (Å²) >= 11 is 0. The molecule has 0 saturated heterocycles. The maximum Gasteiger partial charge on any atom is 0.0992 e. The van der Waals surface area contributed by atoms with Crippen LogP contribution in [0.25, 0.3) is 0 Å². The number of hydrogen-bond donors (Lipinski definition) is 1. The predicted molar refractivity (Wildman–Crippen MR) is 76.2 cm³/mol. The first-order valence-corrected chi connectivity index (χ1v) is 6.25. The molecule has 0 aliphatic heterocycles. The maximum atomic E-state index is 8.97. The Hall–Kier alpha value is -1.77. The second-order valence-electron chi connectivity index (χ2n) is 4.21. The molecule has 0 aromatic heterocycles. The minimum atomic E-state index is 0.610. The topological polar surface area (TPSA) is 71.5 Å². The summed E-state index contributed by atoms with van der Waals surface area (Å²) < 4.78 is 10.2. The molecule has 0 amide bonds. The third-order valence-electron chi connectivity index (χ3n) is 2.84. The lowest BCUT2D eigenvalue weighted by molar-refractivity contribution is 0.191. The van der Waals surface area contributed by atoms with Gasteiger partial charge in [-0.3, -0.25) is 0 Å². The monoisotopic (exact) mass is 263 g/mol. The summed E-state index contributed by atoms with van der Waals surface area (Å²) in [5.41, 5.74) is 8.16. The highest BCUT2D eigenvalue weighted by atomic mass is 16.5. The zero-order valence-electron chi connectivity index (χ0n) is 11.6. The van der Waals surface area contributed by atoms with Gasteiger partial charge in [0.05, 0.1) is 29.6 Å². The van der Waals surface area contributed by atoms with Crippen molar-refractivity contribution in [1.29, 1.82) is 5.26 Å². The fraction of sp³-hybridized carbons (Fsp3) is 0.500. The Bertz CT molecular complexity index is 429. The van der Waals surface area contributed by atoms with E-state index in [0.29, 0.717) is 24.5 Å². The average Bonchev–Trinajstić information content (AvgIpc) is 2.43. The lowest BCUT2D eigenvalue weighted by atomic mass is 10.1. The number of methoxy groups -OCH3 is 2. The Balaban J connectivity index is 2.85. The molecule has 1 rings (SSSR count). The molecule has 0 spiro atoms. The SMILES string of the molecule is COCCCN(CCOC)c1cc(C#N)ccc1N. The minimum Gasteiger partial charge on any atom is -0.397 e. The van der Waals surface area contributed by atoms with Crippen LogP contribution in [-0.2, 0) is 9.47 Å². The fourth-order valence-electron chi connectivity index (χ4n) is 1.84. The smallest absolute Gasteiger partial charge is 0.0992 e. The number of benzene rings is 1. The quantitative estimate of drug-likeness (QED) is 0.570. The van der Waals surface area contributed by atoms with E-state index in [-0.39, 0.29) is 0 Å². The first kappa shape index (κ1) is 15.3. The highest BCUT2D eigenvalue weighted by Gasteiger charge is 2.10. The van der Waals surface area contributed by atoms with Crippen molar-refractivity contribution in [1.82, 2.24) is 0 Å². The van der Waals surface area contributed by atoms with Crippen molar-refractivity contribution in [3.8, 4) is 6.07 Å². The van der Waals surface area contributed by atoms with Crippen LogP contribution < -0.4 is 10.6 Å². The van der Waals surface area contributed by atoms with E-state index in [0.717, 1.165) is 25.2 Å². The molecule has 0 fully saturated rings. The van der Waals surface area contributed by atoms with Crippen molar-refractivity contribution >= 4 is 11.4 Å². The lowest BCUT2D eigenvalue weighted by Crippen LogP contribution is -2.29. The summed E-state index contributed by atoms with van der Waals surface area (Å²) in [7, 11) is 3.35. The third-order valence-corrected chi connectivity index (χ3v) is 2.84. The molecule has 0 radical (unpaired) electrons. The number of rotatable bonds is 8. The van der Waals surface area contributed by atoms with Crippen LogP contribution in [0.5, 0.6) is 0 Å². The van der Waals surface area contributed by atoms with Gasteiger partial charge in [0.1, 0.15) is 0 Å². The van der Waals surface area contributed by atoms with Gasteiger partial charge >= 0.3 is 0 Å². The predicted octanol–water partition coefficient (Wildman–Crippen LogP) is 1.63. The molecular weight excluding hydrogens is 242 g/mol. The normalized spacial score (nSPS) is 10.2. The number of nitriles is 1. The molecule has 0 bridgehead atoms. The van der Waals surface area contributed by atoms with Gasteiger partial charge in [0, 0.05) is 33.9 Å². The number of nitrogen functional groups attached to an aromatic ring is 1. The summed E-state index contributed by atoms with van der Waals surface area (Å²) in [4.78, 5) is 2.12. The standard InChI is InChI=1S/C14H21N3O2/c1-18-8-3-6-17(7-9-19-2)14-10-12(11-15)4-5-13(14)16/h4-5,10H,3,6-9,16H2,1-2H3. The van der Waals surface area contributed by atoms with E-state index in [4.69, 9.17) is 20.5 Å². The molecule has 0 unspecified atom stereocenters. The van der Waals surface area contributed by atoms with E-state index in [1.54, 1.807) is 26.4 Å². The van der Waals surface area contributed by atoms with Crippen LogP contribution >= 0.6 is 0 Å². The highest BCUT2D eigenvalue weighted by molar-refractivity contribution is 5.69. The molecule has 19 heavy (non-hydrogen) atoms. The zero-order chi connectivity index (χ0) is 14.1. The van der Waals surface area contributed by atoms with Crippen LogP contribution in [0.3, 0.4) is 0 Å². The molecule has 5 nitrogen and oxygen atoms in total. The first-order valence-electron chi connectivity index (χ1n) is 6.25. The van der Waals surface area contributed by atoms with Gasteiger partial charge in [-0.1, -0.05) is 0 Å². The van der Waals surface area contributed by atoms with Gasteiger partial charge in [0.25, 0.3) is 0 Å². The maximum absolute atomic E-state index is 8.97. The third kappa shape index (κ3) is 4.78. The van der Waals surface area contributed by atoms with Gasteiger partial charge in [-0.15, -0.1) is 0 Å². The van der Waals surface area contributed by atoms with Crippen molar-refractivity contribution in [2.45, 2.75) is 6.42 Å². The number of hydrogen-bond acceptors (Lipinski definition) is 5. The van der Waals surface area contributed by atoms with Crippen LogP contribution in [0, 0.1) is 11.3 Å². The molecule has 104 valence electrons. The van der Waals surface area contributed by atoms with Crippen LogP contribution in [0.4, 0.5) is 11.4 Å². The Morgan fingerprint density at radius 3 is 2.58 bits per heavy atom. The molecule has 2 N–H and O–H groups in total. The molecule has 5 heteroatoms. The van der Waals surface area contributed by atoms with Crippen LogP contribution in [-0.4, -0.2) is 40.5 Å². The number of anilines is 2. The van der Waals surface area contributed by atoms with Crippen molar-refractivity contribution in [3.63, 3.8) is 0 Å². The number of nitrogens with two attached hydrogens (primary N) is 1. The summed E-state index contributed by atoms with van der Waals surface area (Å²) in [5.74, 6) is 0. The largest absolute Gasteiger partial charge is 0.397 e. The number of nitrogens with zero attached hydrogens (tertiary/aromatic N) is 2. The van der Waals surface area contributed by atoms with Crippen LogP contribution in [0.2, 0.25) is 0 Å². The van der Waals surface area contributed by atoms with E-state index in [9.17, 15) is 0 Å². The molecular formula is C14H21N3O2. The molecule has 1 aromatic carbocycles. The molecule has 0 aliphatic rings. The van der Waals surface area contributed by atoms with E-state index in [2.05, 4.69) is 11.0 Å². The van der Waals surface area contributed by atoms with Crippen molar-refractivity contribution in [2.24, 2.45) is 0 Å². The van der Waals surface area contributed by atoms with Crippen molar-refractivity contribution in [3.05, 3.63) is 23.8 Å². The lowest BCUT2D eigenvalue weighted by Gasteiger charge is -2.26. The van der Waals surface area contributed by atoms with Crippen LogP contribution in [0.15, 0.2) is 18.2 Å². The molecule has 1 aromatic rings. The Morgan fingerprint density at radius 2 is 1.95 bits per heavy atom. The highest BCUT2D eigenvalue weighted by Crippen LogP contribution is 2.24. The Labute approximate surface area is 114 Å². The van der Waals surface area contributed by atoms with Gasteiger partial charge in [0.2, 0.25) is 0 Å². The summed E-state index contributed by atoms with van der Waals surface area (Å²) in [6.07, 6.45) is 0.899. The molecule has 0 heterocycles. The van der Waals surface area contributed by atoms with E-state index in [1.165, 1.54) is 0 Å². The zero-order valence-corrected chi connectivity index (χ0v) is 11.6. The van der Waals surface area contributed by atoms with Gasteiger partial charge in [-0.25, -0.2) is 0 Å². The van der Waals surface area contributed by atoms with E-state index >= 15 is 0 Å². The Morgan fingerprint density at radius 1 is 1.21 bits per heavy atom. The molecule has 0 saturated carbocycles. The van der Waals surface area contributed by atoms with E-state index < -0.39 is 0 Å². The summed E-state index contributed by atoms with van der Waals surface area (Å²) in [6, 6.07) is 7.44. The van der Waals surface area contributed by atoms with Crippen molar-refractivity contribution < 1.29 is 9.47 Å². The first-order chi connectivity index (χ1) is 9.22. The number of ether oxygens (including phenoxy) is 2. The molecule has 0 atom stereocenters. The van der Waals surface area contributed by atoms with Gasteiger partial charge in [0.15, 0.2) is 0 Å². The van der Waals surface area contributed by atoms with E-state index in [1.807, 2.05) is 6.07 Å². The second kappa shape index (κ2) is 8.35. The van der Waals surface area contributed by atoms with Gasteiger partial charge in [-0.05, 0) is 24.6 Å². The van der Waals surface area contributed by atoms with Crippen LogP contribution in [0.1, 0.15) is 12.0 Å².